The second kappa shape index (κ2) is 7.81. The highest BCUT2D eigenvalue weighted by molar-refractivity contribution is 5.87. The molecule has 4 heteroatoms. The predicted octanol–water partition coefficient (Wildman–Crippen LogP) is 2.50. The highest BCUT2D eigenvalue weighted by Gasteiger charge is 2.24. The van der Waals surface area contributed by atoms with Gasteiger partial charge < -0.3 is 11.1 Å². The molecule has 1 aromatic rings. The van der Waals surface area contributed by atoms with E-state index in [9.17, 15) is 9.59 Å². The Kier molecular flexibility index (Phi) is 6.40. The summed E-state index contributed by atoms with van der Waals surface area (Å²) < 4.78 is 0. The smallest absolute Gasteiger partial charge is 0.240 e. The fourth-order valence-corrected chi connectivity index (χ4v) is 2.49. The van der Waals surface area contributed by atoms with Gasteiger partial charge in [0, 0.05) is 6.42 Å². The third-order valence-corrected chi connectivity index (χ3v) is 4.05. The molecule has 1 rings (SSSR count). The Bertz CT molecular complexity index is 499. The van der Waals surface area contributed by atoms with Crippen molar-refractivity contribution in [1.29, 1.82) is 0 Å². The maximum atomic E-state index is 12.2. The van der Waals surface area contributed by atoms with Crippen LogP contribution >= 0.6 is 0 Å². The summed E-state index contributed by atoms with van der Waals surface area (Å²) in [6, 6.07) is 7.44. The number of nitrogens with two attached hydrogens (primary N) is 1. The van der Waals surface area contributed by atoms with E-state index in [-0.39, 0.29) is 17.7 Å². The van der Waals surface area contributed by atoms with Crippen molar-refractivity contribution in [3.05, 3.63) is 35.4 Å². The minimum Gasteiger partial charge on any atom is -0.368 e. The van der Waals surface area contributed by atoms with E-state index in [0.29, 0.717) is 6.42 Å². The van der Waals surface area contributed by atoms with Crippen molar-refractivity contribution in [3.8, 4) is 0 Å². The predicted molar refractivity (Wildman–Crippen MR) is 84.8 cm³/mol. The Hall–Kier alpha value is -1.84. The number of primary amides is 1. The summed E-state index contributed by atoms with van der Waals surface area (Å²) in [5.74, 6) is -0.451. The van der Waals surface area contributed by atoms with Crippen LogP contribution in [-0.2, 0) is 9.59 Å². The van der Waals surface area contributed by atoms with E-state index in [1.807, 2.05) is 52.0 Å². The third kappa shape index (κ3) is 4.88. The molecule has 0 aliphatic rings. The summed E-state index contributed by atoms with van der Waals surface area (Å²) in [6.07, 6.45) is 1.15. The monoisotopic (exact) mass is 290 g/mol. The number of nitrogens with one attached hydrogen (secondary N) is 1. The SMILES string of the molecule is CC[C@H](C)[C@H](NC(=O)C[C@H](C)c1ccccc1C)C(N)=O. The number of benzene rings is 1. The van der Waals surface area contributed by atoms with E-state index in [1.54, 1.807) is 0 Å². The van der Waals surface area contributed by atoms with Crippen LogP contribution in [0.5, 0.6) is 0 Å². The molecule has 116 valence electrons. The second-order valence-electron chi connectivity index (χ2n) is 5.79. The number of hydrogen-bond acceptors (Lipinski definition) is 2. The zero-order valence-electron chi connectivity index (χ0n) is 13.3. The number of amides is 2. The molecule has 0 saturated carbocycles. The largest absolute Gasteiger partial charge is 0.368 e. The highest BCUT2D eigenvalue weighted by atomic mass is 16.2. The normalized spacial score (nSPS) is 15.0. The molecular weight excluding hydrogens is 264 g/mol. The van der Waals surface area contributed by atoms with E-state index in [4.69, 9.17) is 5.73 Å². The molecule has 0 aliphatic heterocycles. The molecule has 0 spiro atoms. The van der Waals surface area contributed by atoms with Crippen molar-refractivity contribution in [2.24, 2.45) is 11.7 Å². The Morgan fingerprint density at radius 3 is 2.38 bits per heavy atom. The van der Waals surface area contributed by atoms with Gasteiger partial charge in [-0.1, -0.05) is 51.5 Å². The van der Waals surface area contributed by atoms with Crippen molar-refractivity contribution in [2.75, 3.05) is 0 Å². The van der Waals surface area contributed by atoms with Crippen molar-refractivity contribution >= 4 is 11.8 Å². The van der Waals surface area contributed by atoms with Crippen LogP contribution in [0.15, 0.2) is 24.3 Å². The van der Waals surface area contributed by atoms with Crippen LogP contribution in [0.3, 0.4) is 0 Å². The lowest BCUT2D eigenvalue weighted by molar-refractivity contribution is -0.128. The fraction of sp³-hybridized carbons (Fsp3) is 0.529. The Morgan fingerprint density at radius 1 is 1.24 bits per heavy atom. The molecule has 0 radical (unpaired) electrons. The van der Waals surface area contributed by atoms with E-state index in [1.165, 1.54) is 5.56 Å². The van der Waals surface area contributed by atoms with Crippen molar-refractivity contribution in [3.63, 3.8) is 0 Å². The second-order valence-corrected chi connectivity index (χ2v) is 5.79. The van der Waals surface area contributed by atoms with Gasteiger partial charge in [0.25, 0.3) is 0 Å². The van der Waals surface area contributed by atoms with Crippen LogP contribution in [0.2, 0.25) is 0 Å². The molecule has 0 bridgehead atoms. The molecule has 0 aliphatic carbocycles. The summed E-state index contributed by atoms with van der Waals surface area (Å²) in [4.78, 5) is 23.6. The summed E-state index contributed by atoms with van der Waals surface area (Å²) >= 11 is 0. The summed E-state index contributed by atoms with van der Waals surface area (Å²) in [5.41, 5.74) is 7.71. The Labute approximate surface area is 127 Å². The van der Waals surface area contributed by atoms with E-state index in [0.717, 1.165) is 12.0 Å². The minimum atomic E-state index is -0.591. The summed E-state index contributed by atoms with van der Waals surface area (Å²) in [5, 5.41) is 2.77. The molecule has 1 aromatic carbocycles. The minimum absolute atomic E-state index is 0.0419. The first-order valence-electron chi connectivity index (χ1n) is 7.51. The van der Waals surface area contributed by atoms with Gasteiger partial charge in [0.1, 0.15) is 6.04 Å². The lowest BCUT2D eigenvalue weighted by atomic mass is 9.93. The number of carbonyl (C=O) groups excluding carboxylic acids is 2. The van der Waals surface area contributed by atoms with Gasteiger partial charge in [-0.3, -0.25) is 9.59 Å². The lowest BCUT2D eigenvalue weighted by Crippen LogP contribution is -2.48. The van der Waals surface area contributed by atoms with E-state index >= 15 is 0 Å². The van der Waals surface area contributed by atoms with Crippen LogP contribution in [0.25, 0.3) is 0 Å². The van der Waals surface area contributed by atoms with Gasteiger partial charge in [0.2, 0.25) is 11.8 Å². The zero-order valence-corrected chi connectivity index (χ0v) is 13.3. The van der Waals surface area contributed by atoms with Gasteiger partial charge in [-0.25, -0.2) is 0 Å². The third-order valence-electron chi connectivity index (χ3n) is 4.05. The van der Waals surface area contributed by atoms with Gasteiger partial charge in [0.05, 0.1) is 0 Å². The molecule has 4 nitrogen and oxygen atoms in total. The van der Waals surface area contributed by atoms with Gasteiger partial charge in [0.15, 0.2) is 0 Å². The average molecular weight is 290 g/mol. The molecule has 0 aromatic heterocycles. The molecule has 0 unspecified atom stereocenters. The summed E-state index contributed by atoms with van der Waals surface area (Å²) in [7, 11) is 0. The quantitative estimate of drug-likeness (QED) is 0.810. The van der Waals surface area contributed by atoms with Gasteiger partial charge in [-0.2, -0.15) is 0 Å². The number of carbonyl (C=O) groups is 2. The molecule has 0 saturated heterocycles. The van der Waals surface area contributed by atoms with Crippen molar-refractivity contribution in [1.82, 2.24) is 5.32 Å². The topological polar surface area (TPSA) is 72.2 Å². The van der Waals surface area contributed by atoms with Crippen LogP contribution in [0.1, 0.15) is 50.7 Å². The highest BCUT2D eigenvalue weighted by Crippen LogP contribution is 2.22. The van der Waals surface area contributed by atoms with Gasteiger partial charge >= 0.3 is 0 Å². The molecule has 3 N–H and O–H groups in total. The first-order chi connectivity index (χ1) is 9.86. The van der Waals surface area contributed by atoms with Crippen LogP contribution in [0, 0.1) is 12.8 Å². The van der Waals surface area contributed by atoms with E-state index < -0.39 is 11.9 Å². The standard InChI is InChI=1S/C17H26N2O2/c1-5-11(2)16(17(18)21)19-15(20)10-13(4)14-9-7-6-8-12(14)3/h6-9,11,13,16H,5,10H2,1-4H3,(H2,18,21)(H,19,20)/t11-,13-,16-/m0/s1. The molecule has 2 amide bonds. The van der Waals surface area contributed by atoms with Gasteiger partial charge in [-0.05, 0) is 29.9 Å². The fourth-order valence-electron chi connectivity index (χ4n) is 2.49. The first kappa shape index (κ1) is 17.2. The van der Waals surface area contributed by atoms with Crippen LogP contribution in [-0.4, -0.2) is 17.9 Å². The van der Waals surface area contributed by atoms with Crippen molar-refractivity contribution < 1.29 is 9.59 Å². The maximum Gasteiger partial charge on any atom is 0.240 e. The molecule has 3 atom stereocenters. The van der Waals surface area contributed by atoms with Crippen LogP contribution in [0.4, 0.5) is 0 Å². The number of rotatable bonds is 7. The Morgan fingerprint density at radius 2 is 1.86 bits per heavy atom. The van der Waals surface area contributed by atoms with Crippen LogP contribution < -0.4 is 11.1 Å². The number of hydrogen-bond donors (Lipinski definition) is 2. The Balaban J connectivity index is 2.68. The number of aryl methyl sites for hydroxylation is 1. The summed E-state index contributed by atoms with van der Waals surface area (Å²) in [6.45, 7) is 7.95. The van der Waals surface area contributed by atoms with E-state index in [2.05, 4.69) is 5.32 Å². The molecule has 21 heavy (non-hydrogen) atoms. The van der Waals surface area contributed by atoms with Crippen molar-refractivity contribution in [2.45, 2.75) is 52.5 Å². The van der Waals surface area contributed by atoms with Gasteiger partial charge in [-0.15, -0.1) is 0 Å². The average Bonchev–Trinajstić information content (AvgIpc) is 2.44. The molecular formula is C17H26N2O2. The first-order valence-corrected chi connectivity index (χ1v) is 7.51. The zero-order chi connectivity index (χ0) is 16.0. The molecule has 0 fully saturated rings. The lowest BCUT2D eigenvalue weighted by Gasteiger charge is -2.22. The maximum absolute atomic E-state index is 12.2. The molecule has 0 heterocycles.